The summed E-state index contributed by atoms with van der Waals surface area (Å²) < 4.78 is 0. The van der Waals surface area contributed by atoms with Crippen LogP contribution in [0, 0.1) is 6.92 Å². The second-order valence-corrected chi connectivity index (χ2v) is 5.66. The molecule has 1 aromatic heterocycles. The molecule has 0 saturated heterocycles. The van der Waals surface area contributed by atoms with E-state index in [1.807, 2.05) is 31.2 Å². The smallest absolute Gasteiger partial charge is 0.269 e. The molecule has 0 spiro atoms. The number of hydrogen-bond acceptors (Lipinski definition) is 3. The van der Waals surface area contributed by atoms with Crippen molar-refractivity contribution in [1.82, 2.24) is 10.3 Å². The van der Waals surface area contributed by atoms with Crippen molar-refractivity contribution >= 4 is 17.5 Å². The van der Waals surface area contributed by atoms with Gasteiger partial charge in [-0.1, -0.05) is 38.0 Å². The number of carbonyl (C=O) groups excluding carboxylic acids is 2. The summed E-state index contributed by atoms with van der Waals surface area (Å²) >= 11 is 0. The summed E-state index contributed by atoms with van der Waals surface area (Å²) in [7, 11) is 0. The summed E-state index contributed by atoms with van der Waals surface area (Å²) in [6.07, 6.45) is 4.60. The zero-order valence-electron chi connectivity index (χ0n) is 14.1. The third kappa shape index (κ3) is 4.91. The van der Waals surface area contributed by atoms with Crippen LogP contribution in [0.25, 0.3) is 0 Å². The Hall–Kier alpha value is -2.69. The van der Waals surface area contributed by atoms with Gasteiger partial charge in [0.15, 0.2) is 0 Å². The molecule has 5 heteroatoms. The number of carbonyl (C=O) groups is 2. The van der Waals surface area contributed by atoms with Crippen LogP contribution in [-0.4, -0.2) is 23.3 Å². The van der Waals surface area contributed by atoms with E-state index in [9.17, 15) is 9.59 Å². The Morgan fingerprint density at radius 1 is 1.08 bits per heavy atom. The quantitative estimate of drug-likeness (QED) is 0.765. The van der Waals surface area contributed by atoms with E-state index in [0.717, 1.165) is 30.5 Å². The first-order chi connectivity index (χ1) is 11.6. The molecule has 1 heterocycles. The SMILES string of the molecule is CCCCCNC(=O)c1cc(C(=O)Nc2ccccc2C)ccn1. The minimum atomic E-state index is -0.258. The van der Waals surface area contributed by atoms with E-state index in [1.165, 1.54) is 12.3 Å². The highest BCUT2D eigenvalue weighted by Crippen LogP contribution is 2.14. The van der Waals surface area contributed by atoms with Crippen LogP contribution in [0.3, 0.4) is 0 Å². The normalized spacial score (nSPS) is 10.2. The number of amides is 2. The Kier molecular flexibility index (Phi) is 6.49. The first-order valence-electron chi connectivity index (χ1n) is 8.23. The van der Waals surface area contributed by atoms with Crippen molar-refractivity contribution in [3.63, 3.8) is 0 Å². The van der Waals surface area contributed by atoms with Gasteiger partial charge in [-0.25, -0.2) is 0 Å². The Balaban J connectivity index is 2.02. The number of nitrogens with zero attached hydrogens (tertiary/aromatic N) is 1. The van der Waals surface area contributed by atoms with Crippen molar-refractivity contribution in [2.24, 2.45) is 0 Å². The molecule has 0 aliphatic carbocycles. The number of rotatable bonds is 7. The number of aryl methyl sites for hydroxylation is 1. The second-order valence-electron chi connectivity index (χ2n) is 5.66. The Labute approximate surface area is 142 Å². The topological polar surface area (TPSA) is 71.1 Å². The molecular formula is C19H23N3O2. The van der Waals surface area contributed by atoms with Gasteiger partial charge in [0, 0.05) is 24.0 Å². The van der Waals surface area contributed by atoms with E-state index < -0.39 is 0 Å². The van der Waals surface area contributed by atoms with E-state index in [1.54, 1.807) is 6.07 Å². The van der Waals surface area contributed by atoms with Crippen LogP contribution in [-0.2, 0) is 0 Å². The van der Waals surface area contributed by atoms with Crippen molar-refractivity contribution in [1.29, 1.82) is 0 Å². The molecule has 0 atom stereocenters. The lowest BCUT2D eigenvalue weighted by Gasteiger charge is -2.09. The molecule has 1 aromatic carbocycles. The van der Waals surface area contributed by atoms with Crippen LogP contribution in [0.2, 0.25) is 0 Å². The number of benzene rings is 1. The summed E-state index contributed by atoms with van der Waals surface area (Å²) in [5, 5.41) is 5.68. The predicted octanol–water partition coefficient (Wildman–Crippen LogP) is 3.56. The lowest BCUT2D eigenvalue weighted by molar-refractivity contribution is 0.0948. The molecule has 24 heavy (non-hydrogen) atoms. The van der Waals surface area contributed by atoms with Crippen LogP contribution in [0.5, 0.6) is 0 Å². The Morgan fingerprint density at radius 3 is 2.62 bits per heavy atom. The molecule has 5 nitrogen and oxygen atoms in total. The number of hydrogen-bond donors (Lipinski definition) is 2. The number of aromatic nitrogens is 1. The highest BCUT2D eigenvalue weighted by Gasteiger charge is 2.12. The molecule has 2 rings (SSSR count). The maximum Gasteiger partial charge on any atom is 0.269 e. The van der Waals surface area contributed by atoms with Gasteiger partial charge in [0.2, 0.25) is 0 Å². The van der Waals surface area contributed by atoms with Gasteiger partial charge < -0.3 is 10.6 Å². The molecule has 126 valence electrons. The predicted molar refractivity (Wildman–Crippen MR) is 95.2 cm³/mol. The lowest BCUT2D eigenvalue weighted by atomic mass is 10.1. The number of nitrogens with one attached hydrogen (secondary N) is 2. The lowest BCUT2D eigenvalue weighted by Crippen LogP contribution is -2.26. The fourth-order valence-corrected chi connectivity index (χ4v) is 2.27. The highest BCUT2D eigenvalue weighted by molar-refractivity contribution is 6.06. The Bertz CT molecular complexity index is 713. The summed E-state index contributed by atoms with van der Waals surface area (Å²) in [6.45, 7) is 4.66. The van der Waals surface area contributed by atoms with E-state index in [0.29, 0.717) is 12.1 Å². The van der Waals surface area contributed by atoms with Crippen molar-refractivity contribution < 1.29 is 9.59 Å². The third-order valence-corrected chi connectivity index (χ3v) is 3.71. The fourth-order valence-electron chi connectivity index (χ4n) is 2.27. The minimum Gasteiger partial charge on any atom is -0.351 e. The van der Waals surface area contributed by atoms with Gasteiger partial charge >= 0.3 is 0 Å². The fraction of sp³-hybridized carbons (Fsp3) is 0.316. The van der Waals surface area contributed by atoms with Gasteiger partial charge in [0.05, 0.1) is 0 Å². The summed E-state index contributed by atoms with van der Waals surface area (Å²) in [5.41, 5.74) is 2.40. The van der Waals surface area contributed by atoms with Crippen molar-refractivity contribution in [2.75, 3.05) is 11.9 Å². The third-order valence-electron chi connectivity index (χ3n) is 3.71. The van der Waals surface area contributed by atoms with Gasteiger partial charge in [-0.3, -0.25) is 14.6 Å². The summed E-state index contributed by atoms with van der Waals surface area (Å²) in [6, 6.07) is 10.7. The van der Waals surface area contributed by atoms with Crippen LogP contribution in [0.1, 0.15) is 52.6 Å². The van der Waals surface area contributed by atoms with E-state index in [2.05, 4.69) is 22.5 Å². The van der Waals surface area contributed by atoms with Crippen LogP contribution >= 0.6 is 0 Å². The van der Waals surface area contributed by atoms with E-state index in [-0.39, 0.29) is 17.5 Å². The largest absolute Gasteiger partial charge is 0.351 e. The zero-order chi connectivity index (χ0) is 17.4. The maximum atomic E-state index is 12.4. The number of pyridine rings is 1. The van der Waals surface area contributed by atoms with Crippen LogP contribution < -0.4 is 10.6 Å². The first kappa shape index (κ1) is 17.7. The van der Waals surface area contributed by atoms with E-state index >= 15 is 0 Å². The molecule has 0 unspecified atom stereocenters. The van der Waals surface area contributed by atoms with E-state index in [4.69, 9.17) is 0 Å². The maximum absolute atomic E-state index is 12.4. The summed E-state index contributed by atoms with van der Waals surface area (Å²) in [5.74, 6) is -0.511. The minimum absolute atomic E-state index is 0.253. The number of para-hydroxylation sites is 1. The molecule has 2 amide bonds. The highest BCUT2D eigenvalue weighted by atomic mass is 16.2. The molecule has 0 saturated carbocycles. The summed E-state index contributed by atoms with van der Waals surface area (Å²) in [4.78, 5) is 28.5. The van der Waals surface area contributed by atoms with Crippen LogP contribution in [0.15, 0.2) is 42.6 Å². The molecule has 2 N–H and O–H groups in total. The molecular weight excluding hydrogens is 302 g/mol. The standard InChI is InChI=1S/C19H23N3O2/c1-3-4-7-11-21-19(24)17-13-15(10-12-20-17)18(23)22-16-9-6-5-8-14(16)2/h5-6,8-10,12-13H,3-4,7,11H2,1-2H3,(H,21,24)(H,22,23). The second kappa shape index (κ2) is 8.82. The Morgan fingerprint density at radius 2 is 1.88 bits per heavy atom. The van der Waals surface area contributed by atoms with Gasteiger partial charge in [-0.2, -0.15) is 0 Å². The molecule has 0 radical (unpaired) electrons. The van der Waals surface area contributed by atoms with Crippen molar-refractivity contribution in [3.05, 3.63) is 59.4 Å². The average Bonchev–Trinajstić information content (AvgIpc) is 2.60. The van der Waals surface area contributed by atoms with Crippen LogP contribution in [0.4, 0.5) is 5.69 Å². The molecule has 0 aliphatic heterocycles. The molecule has 0 aliphatic rings. The van der Waals surface area contributed by atoms with Crippen molar-refractivity contribution in [2.45, 2.75) is 33.1 Å². The van der Waals surface area contributed by atoms with Gasteiger partial charge in [0.25, 0.3) is 11.8 Å². The zero-order valence-corrected chi connectivity index (χ0v) is 14.1. The number of unbranched alkanes of at least 4 members (excludes halogenated alkanes) is 2. The van der Waals surface area contributed by atoms with Gasteiger partial charge in [-0.05, 0) is 37.1 Å². The van der Waals surface area contributed by atoms with Crippen molar-refractivity contribution in [3.8, 4) is 0 Å². The number of anilines is 1. The molecule has 0 fully saturated rings. The average molecular weight is 325 g/mol. The van der Waals surface area contributed by atoms with Gasteiger partial charge in [-0.15, -0.1) is 0 Å². The van der Waals surface area contributed by atoms with Gasteiger partial charge in [0.1, 0.15) is 5.69 Å². The first-order valence-corrected chi connectivity index (χ1v) is 8.23. The monoisotopic (exact) mass is 325 g/mol. The molecule has 2 aromatic rings. The molecule has 0 bridgehead atoms.